The Morgan fingerprint density at radius 3 is 1.37 bits per heavy atom. The highest BCUT2D eigenvalue weighted by atomic mass is 16.5. The van der Waals surface area contributed by atoms with E-state index in [1.54, 1.807) is 12.1 Å². The molecule has 100 valence electrons. The topological polar surface area (TPSA) is 49.7 Å². The minimum absolute atomic E-state index is 0.203. The summed E-state index contributed by atoms with van der Waals surface area (Å²) < 4.78 is 5.79. The average Bonchev–Trinajstić information content (AvgIpc) is 2.32. The number of phenols is 2. The van der Waals surface area contributed by atoms with Crippen LogP contribution in [0, 0.1) is 27.7 Å². The van der Waals surface area contributed by atoms with E-state index in [1.165, 1.54) is 0 Å². The van der Waals surface area contributed by atoms with E-state index in [0.29, 0.717) is 11.5 Å². The zero-order valence-corrected chi connectivity index (χ0v) is 11.6. The Bertz CT molecular complexity index is 575. The summed E-state index contributed by atoms with van der Waals surface area (Å²) in [7, 11) is 0. The van der Waals surface area contributed by atoms with E-state index >= 15 is 0 Å². The minimum atomic E-state index is 0.203. The fourth-order valence-corrected chi connectivity index (χ4v) is 1.98. The molecule has 0 spiro atoms. The third-order valence-corrected chi connectivity index (χ3v) is 3.21. The van der Waals surface area contributed by atoms with Gasteiger partial charge in [-0.15, -0.1) is 0 Å². The van der Waals surface area contributed by atoms with Gasteiger partial charge in [0, 0.05) is 12.1 Å². The van der Waals surface area contributed by atoms with Crippen LogP contribution in [0.15, 0.2) is 24.3 Å². The van der Waals surface area contributed by atoms with Gasteiger partial charge in [-0.25, -0.2) is 0 Å². The molecule has 2 aromatic carbocycles. The van der Waals surface area contributed by atoms with Crippen molar-refractivity contribution in [3.05, 3.63) is 46.5 Å². The van der Waals surface area contributed by atoms with Gasteiger partial charge < -0.3 is 14.9 Å². The maximum absolute atomic E-state index is 9.74. The quantitative estimate of drug-likeness (QED) is 0.851. The molecule has 2 N–H and O–H groups in total. The van der Waals surface area contributed by atoms with Gasteiger partial charge in [0.2, 0.25) is 0 Å². The van der Waals surface area contributed by atoms with E-state index in [2.05, 4.69) is 0 Å². The molecule has 19 heavy (non-hydrogen) atoms. The molecule has 0 aliphatic carbocycles. The number of aromatic hydroxyl groups is 2. The van der Waals surface area contributed by atoms with Crippen molar-refractivity contribution in [3.63, 3.8) is 0 Å². The molecule has 0 aliphatic rings. The average molecular weight is 258 g/mol. The molecule has 3 heteroatoms. The van der Waals surface area contributed by atoms with Crippen molar-refractivity contribution in [2.45, 2.75) is 27.7 Å². The van der Waals surface area contributed by atoms with Crippen molar-refractivity contribution in [1.29, 1.82) is 0 Å². The highest BCUT2D eigenvalue weighted by Gasteiger charge is 2.09. The number of phenolic OH excluding ortho intramolecular Hbond substituents is 2. The molecule has 0 aliphatic heterocycles. The standard InChI is InChI=1S/C16H18O3/c1-9-5-11(3)15(7-13(9)17)19-16-8-14(18)10(2)6-12(16)4/h5-8,17-18H,1-4H3. The molecular weight excluding hydrogens is 240 g/mol. The van der Waals surface area contributed by atoms with E-state index in [4.69, 9.17) is 4.74 Å². The monoisotopic (exact) mass is 258 g/mol. The molecule has 0 fully saturated rings. The van der Waals surface area contributed by atoms with Gasteiger partial charge in [0.1, 0.15) is 23.0 Å². The fraction of sp³-hybridized carbons (Fsp3) is 0.250. The van der Waals surface area contributed by atoms with Crippen LogP contribution in [0.3, 0.4) is 0 Å². The fourth-order valence-electron chi connectivity index (χ4n) is 1.98. The van der Waals surface area contributed by atoms with Crippen LogP contribution >= 0.6 is 0 Å². The predicted octanol–water partition coefficient (Wildman–Crippen LogP) is 4.12. The molecule has 0 radical (unpaired) electrons. The number of ether oxygens (including phenoxy) is 1. The van der Waals surface area contributed by atoms with Gasteiger partial charge in [-0.1, -0.05) is 0 Å². The van der Waals surface area contributed by atoms with E-state index in [0.717, 1.165) is 22.3 Å². The number of aryl methyl sites for hydroxylation is 4. The van der Waals surface area contributed by atoms with Crippen LogP contribution in [0.4, 0.5) is 0 Å². The van der Waals surface area contributed by atoms with E-state index < -0.39 is 0 Å². The molecule has 0 amide bonds. The summed E-state index contributed by atoms with van der Waals surface area (Å²) in [5.74, 6) is 1.59. The van der Waals surface area contributed by atoms with E-state index in [-0.39, 0.29) is 11.5 Å². The maximum Gasteiger partial charge on any atom is 0.134 e. The van der Waals surface area contributed by atoms with Crippen molar-refractivity contribution in [1.82, 2.24) is 0 Å². The second-order valence-electron chi connectivity index (χ2n) is 4.91. The Morgan fingerprint density at radius 2 is 1.00 bits per heavy atom. The van der Waals surface area contributed by atoms with Crippen LogP contribution in [-0.4, -0.2) is 10.2 Å². The Kier molecular flexibility index (Phi) is 3.38. The number of hydrogen-bond donors (Lipinski definition) is 2. The molecule has 0 unspecified atom stereocenters. The van der Waals surface area contributed by atoms with Crippen molar-refractivity contribution in [2.75, 3.05) is 0 Å². The van der Waals surface area contributed by atoms with Crippen molar-refractivity contribution in [3.8, 4) is 23.0 Å². The summed E-state index contributed by atoms with van der Waals surface area (Å²) in [4.78, 5) is 0. The molecule has 0 saturated carbocycles. The SMILES string of the molecule is Cc1cc(C)c(Oc2cc(O)c(C)cc2C)cc1O. The zero-order valence-electron chi connectivity index (χ0n) is 11.6. The first-order chi connectivity index (χ1) is 8.88. The molecule has 0 saturated heterocycles. The number of rotatable bonds is 2. The first kappa shape index (κ1) is 13.3. The summed E-state index contributed by atoms with van der Waals surface area (Å²) >= 11 is 0. The second kappa shape index (κ2) is 4.84. The van der Waals surface area contributed by atoms with Crippen LogP contribution in [-0.2, 0) is 0 Å². The molecule has 0 atom stereocenters. The van der Waals surface area contributed by atoms with Gasteiger partial charge in [-0.05, 0) is 62.1 Å². The second-order valence-corrected chi connectivity index (χ2v) is 4.91. The van der Waals surface area contributed by atoms with Crippen molar-refractivity contribution >= 4 is 0 Å². The molecule has 3 nitrogen and oxygen atoms in total. The summed E-state index contributed by atoms with van der Waals surface area (Å²) in [5, 5.41) is 19.5. The Hall–Kier alpha value is -2.16. The van der Waals surface area contributed by atoms with Gasteiger partial charge in [-0.3, -0.25) is 0 Å². The van der Waals surface area contributed by atoms with Crippen LogP contribution in [0.2, 0.25) is 0 Å². The highest BCUT2D eigenvalue weighted by Crippen LogP contribution is 2.34. The molecule has 0 bridgehead atoms. The lowest BCUT2D eigenvalue weighted by atomic mass is 10.1. The Balaban J connectivity index is 2.42. The van der Waals surface area contributed by atoms with E-state index in [1.807, 2.05) is 39.8 Å². The van der Waals surface area contributed by atoms with Crippen LogP contribution in [0.25, 0.3) is 0 Å². The first-order valence-corrected chi connectivity index (χ1v) is 6.16. The molecule has 2 aromatic rings. The maximum atomic E-state index is 9.74. The molecular formula is C16H18O3. The normalized spacial score (nSPS) is 10.5. The van der Waals surface area contributed by atoms with Crippen LogP contribution in [0.1, 0.15) is 22.3 Å². The highest BCUT2D eigenvalue weighted by molar-refractivity contribution is 5.50. The molecule has 0 aromatic heterocycles. The summed E-state index contributed by atoms with van der Waals surface area (Å²) in [6, 6.07) is 6.93. The zero-order chi connectivity index (χ0) is 14.2. The van der Waals surface area contributed by atoms with Crippen molar-refractivity contribution < 1.29 is 14.9 Å². The largest absolute Gasteiger partial charge is 0.508 e. The third-order valence-electron chi connectivity index (χ3n) is 3.21. The lowest BCUT2D eigenvalue weighted by Crippen LogP contribution is -1.92. The summed E-state index contributed by atoms with van der Waals surface area (Å²) in [5.41, 5.74) is 3.51. The number of benzene rings is 2. The Labute approximate surface area is 113 Å². The minimum Gasteiger partial charge on any atom is -0.508 e. The lowest BCUT2D eigenvalue weighted by Gasteiger charge is -2.13. The van der Waals surface area contributed by atoms with Gasteiger partial charge in [0.15, 0.2) is 0 Å². The van der Waals surface area contributed by atoms with Gasteiger partial charge in [0.25, 0.3) is 0 Å². The van der Waals surface area contributed by atoms with Gasteiger partial charge >= 0.3 is 0 Å². The molecule has 2 rings (SSSR count). The van der Waals surface area contributed by atoms with Crippen LogP contribution < -0.4 is 4.74 Å². The predicted molar refractivity (Wildman–Crippen MR) is 75.2 cm³/mol. The Morgan fingerprint density at radius 1 is 0.632 bits per heavy atom. The van der Waals surface area contributed by atoms with E-state index in [9.17, 15) is 10.2 Å². The van der Waals surface area contributed by atoms with Crippen LogP contribution in [0.5, 0.6) is 23.0 Å². The molecule has 0 heterocycles. The summed E-state index contributed by atoms with van der Waals surface area (Å²) in [6.45, 7) is 7.53. The lowest BCUT2D eigenvalue weighted by molar-refractivity contribution is 0.439. The third kappa shape index (κ3) is 2.65. The van der Waals surface area contributed by atoms with Gasteiger partial charge in [0.05, 0.1) is 0 Å². The van der Waals surface area contributed by atoms with Gasteiger partial charge in [-0.2, -0.15) is 0 Å². The summed E-state index contributed by atoms with van der Waals surface area (Å²) in [6.07, 6.45) is 0. The first-order valence-electron chi connectivity index (χ1n) is 6.16. The smallest absolute Gasteiger partial charge is 0.134 e. The number of hydrogen-bond acceptors (Lipinski definition) is 3. The van der Waals surface area contributed by atoms with Crippen molar-refractivity contribution in [2.24, 2.45) is 0 Å².